The van der Waals surface area contributed by atoms with Gasteiger partial charge in [0.15, 0.2) is 11.5 Å². The Labute approximate surface area is 148 Å². The van der Waals surface area contributed by atoms with Crippen molar-refractivity contribution >= 4 is 5.95 Å². The molecule has 1 aromatic heterocycles. The minimum atomic E-state index is -0.0530. The van der Waals surface area contributed by atoms with Crippen LogP contribution in [0.2, 0.25) is 0 Å². The standard InChI is InChI=1S/C19H25N3O3/c1-5-15-10-13(2)20-19(21-15)22-8-9-25-18(12-22)14-6-7-16(23-3)17(11-14)24-4/h6-7,10-11,18H,5,8-9,12H2,1-4H3. The maximum Gasteiger partial charge on any atom is 0.225 e. The maximum atomic E-state index is 5.98. The number of methoxy groups -OCH3 is 2. The van der Waals surface area contributed by atoms with E-state index in [1.54, 1.807) is 14.2 Å². The van der Waals surface area contributed by atoms with Gasteiger partial charge in [0.2, 0.25) is 5.95 Å². The number of hydrogen-bond donors (Lipinski definition) is 0. The van der Waals surface area contributed by atoms with E-state index in [2.05, 4.69) is 21.8 Å². The van der Waals surface area contributed by atoms with Gasteiger partial charge in [0.1, 0.15) is 6.10 Å². The van der Waals surface area contributed by atoms with Gasteiger partial charge in [-0.05, 0) is 37.1 Å². The molecule has 1 aromatic carbocycles. The van der Waals surface area contributed by atoms with Crippen LogP contribution in [0.4, 0.5) is 5.95 Å². The Kier molecular flexibility index (Phi) is 5.38. The van der Waals surface area contributed by atoms with Gasteiger partial charge in [0.05, 0.1) is 27.4 Å². The van der Waals surface area contributed by atoms with Crippen LogP contribution >= 0.6 is 0 Å². The second kappa shape index (κ2) is 7.70. The number of nitrogens with zero attached hydrogens (tertiary/aromatic N) is 3. The minimum absolute atomic E-state index is 0.0530. The molecule has 1 atom stereocenters. The molecule has 0 N–H and O–H groups in total. The van der Waals surface area contributed by atoms with Crippen LogP contribution in [0, 0.1) is 6.92 Å². The molecule has 6 nitrogen and oxygen atoms in total. The monoisotopic (exact) mass is 343 g/mol. The van der Waals surface area contributed by atoms with E-state index in [9.17, 15) is 0 Å². The molecule has 1 fully saturated rings. The average molecular weight is 343 g/mol. The lowest BCUT2D eigenvalue weighted by Crippen LogP contribution is -2.39. The minimum Gasteiger partial charge on any atom is -0.493 e. The molecule has 25 heavy (non-hydrogen) atoms. The number of rotatable bonds is 5. The van der Waals surface area contributed by atoms with Crippen molar-refractivity contribution in [1.29, 1.82) is 0 Å². The summed E-state index contributed by atoms with van der Waals surface area (Å²) >= 11 is 0. The van der Waals surface area contributed by atoms with Gasteiger partial charge >= 0.3 is 0 Å². The summed E-state index contributed by atoms with van der Waals surface area (Å²) in [5.74, 6) is 2.21. The van der Waals surface area contributed by atoms with Gasteiger partial charge in [0.25, 0.3) is 0 Å². The first-order valence-electron chi connectivity index (χ1n) is 8.57. The second-order valence-corrected chi connectivity index (χ2v) is 6.07. The topological polar surface area (TPSA) is 56.7 Å². The van der Waals surface area contributed by atoms with E-state index < -0.39 is 0 Å². The Morgan fingerprint density at radius 2 is 1.96 bits per heavy atom. The third-order valence-electron chi connectivity index (χ3n) is 4.39. The fourth-order valence-corrected chi connectivity index (χ4v) is 3.03. The number of morpholine rings is 1. The largest absolute Gasteiger partial charge is 0.493 e. The molecule has 3 rings (SSSR count). The molecular weight excluding hydrogens is 318 g/mol. The van der Waals surface area contributed by atoms with Gasteiger partial charge in [-0.3, -0.25) is 0 Å². The third kappa shape index (κ3) is 3.85. The molecule has 6 heteroatoms. The summed E-state index contributed by atoms with van der Waals surface area (Å²) in [6.07, 6.45) is 0.850. The van der Waals surface area contributed by atoms with Crippen molar-refractivity contribution < 1.29 is 14.2 Å². The highest BCUT2D eigenvalue weighted by atomic mass is 16.5. The van der Waals surface area contributed by atoms with Crippen LogP contribution in [-0.2, 0) is 11.2 Å². The number of ether oxygens (including phenoxy) is 3. The van der Waals surface area contributed by atoms with Gasteiger partial charge in [-0.1, -0.05) is 13.0 Å². The summed E-state index contributed by atoms with van der Waals surface area (Å²) in [5, 5.41) is 0. The number of aromatic nitrogens is 2. The first kappa shape index (κ1) is 17.5. The van der Waals surface area contributed by atoms with Crippen molar-refractivity contribution in [3.8, 4) is 11.5 Å². The Morgan fingerprint density at radius 1 is 1.16 bits per heavy atom. The first-order valence-corrected chi connectivity index (χ1v) is 8.57. The van der Waals surface area contributed by atoms with Gasteiger partial charge in [-0.25, -0.2) is 9.97 Å². The highest BCUT2D eigenvalue weighted by Crippen LogP contribution is 2.32. The highest BCUT2D eigenvalue weighted by molar-refractivity contribution is 5.44. The van der Waals surface area contributed by atoms with Gasteiger partial charge in [-0.2, -0.15) is 0 Å². The lowest BCUT2D eigenvalue weighted by molar-refractivity contribution is 0.0390. The van der Waals surface area contributed by atoms with Crippen LogP contribution < -0.4 is 14.4 Å². The molecule has 0 spiro atoms. The normalized spacial score (nSPS) is 17.4. The molecule has 1 aliphatic heterocycles. The van der Waals surface area contributed by atoms with Crippen molar-refractivity contribution in [2.45, 2.75) is 26.4 Å². The predicted octanol–water partition coefficient (Wildman–Crippen LogP) is 2.94. The van der Waals surface area contributed by atoms with Crippen LogP contribution in [-0.4, -0.2) is 43.9 Å². The molecule has 1 saturated heterocycles. The summed E-state index contributed by atoms with van der Waals surface area (Å²) in [4.78, 5) is 11.5. The quantitative estimate of drug-likeness (QED) is 0.832. The molecule has 0 bridgehead atoms. The van der Waals surface area contributed by atoms with E-state index in [0.29, 0.717) is 24.7 Å². The molecular formula is C19H25N3O3. The van der Waals surface area contributed by atoms with Crippen molar-refractivity contribution in [3.05, 3.63) is 41.2 Å². The predicted molar refractivity (Wildman–Crippen MR) is 96.6 cm³/mol. The van der Waals surface area contributed by atoms with Crippen molar-refractivity contribution in [3.63, 3.8) is 0 Å². The Hall–Kier alpha value is -2.34. The van der Waals surface area contributed by atoms with Gasteiger partial charge in [-0.15, -0.1) is 0 Å². The molecule has 0 radical (unpaired) electrons. The molecule has 1 aliphatic rings. The summed E-state index contributed by atoms with van der Waals surface area (Å²) in [7, 11) is 3.28. The lowest BCUT2D eigenvalue weighted by Gasteiger charge is -2.33. The smallest absolute Gasteiger partial charge is 0.225 e. The Balaban J connectivity index is 1.83. The van der Waals surface area contributed by atoms with E-state index in [1.807, 2.05) is 31.2 Å². The Bertz CT molecular complexity index is 736. The molecule has 1 unspecified atom stereocenters. The molecule has 0 amide bonds. The summed E-state index contributed by atoms with van der Waals surface area (Å²) in [6.45, 7) is 6.25. The number of aryl methyl sites for hydroxylation is 2. The van der Waals surface area contributed by atoms with Crippen molar-refractivity contribution in [2.24, 2.45) is 0 Å². The van der Waals surface area contributed by atoms with Crippen LogP contribution in [0.15, 0.2) is 24.3 Å². The zero-order valence-corrected chi connectivity index (χ0v) is 15.3. The zero-order valence-electron chi connectivity index (χ0n) is 15.3. The molecule has 2 heterocycles. The van der Waals surface area contributed by atoms with Gasteiger partial charge < -0.3 is 19.1 Å². The van der Waals surface area contributed by atoms with Crippen LogP contribution in [0.3, 0.4) is 0 Å². The highest BCUT2D eigenvalue weighted by Gasteiger charge is 2.25. The number of hydrogen-bond acceptors (Lipinski definition) is 6. The van der Waals surface area contributed by atoms with E-state index >= 15 is 0 Å². The lowest BCUT2D eigenvalue weighted by atomic mass is 10.1. The van der Waals surface area contributed by atoms with Crippen LogP contribution in [0.1, 0.15) is 30.0 Å². The first-order chi connectivity index (χ1) is 12.1. The summed E-state index contributed by atoms with van der Waals surface area (Å²) in [5.41, 5.74) is 3.12. The molecule has 2 aromatic rings. The van der Waals surface area contributed by atoms with E-state index in [0.717, 1.165) is 35.9 Å². The van der Waals surface area contributed by atoms with Crippen LogP contribution in [0.25, 0.3) is 0 Å². The second-order valence-electron chi connectivity index (χ2n) is 6.07. The van der Waals surface area contributed by atoms with Crippen molar-refractivity contribution in [2.75, 3.05) is 38.8 Å². The summed E-state index contributed by atoms with van der Waals surface area (Å²) < 4.78 is 16.7. The zero-order chi connectivity index (χ0) is 17.8. The third-order valence-corrected chi connectivity index (χ3v) is 4.39. The number of anilines is 1. The van der Waals surface area contributed by atoms with E-state index in [4.69, 9.17) is 14.2 Å². The van der Waals surface area contributed by atoms with E-state index in [1.165, 1.54) is 0 Å². The Morgan fingerprint density at radius 3 is 2.68 bits per heavy atom. The maximum absolute atomic E-state index is 5.98. The fourth-order valence-electron chi connectivity index (χ4n) is 3.03. The van der Waals surface area contributed by atoms with E-state index in [-0.39, 0.29) is 6.10 Å². The average Bonchev–Trinajstić information content (AvgIpc) is 2.67. The fraction of sp³-hybridized carbons (Fsp3) is 0.474. The SMILES string of the molecule is CCc1cc(C)nc(N2CCOC(c3ccc(OC)c(OC)c3)C2)n1. The van der Waals surface area contributed by atoms with Gasteiger partial charge in [0, 0.05) is 17.9 Å². The molecule has 0 saturated carbocycles. The number of benzene rings is 1. The molecule has 134 valence electrons. The summed E-state index contributed by atoms with van der Waals surface area (Å²) in [6, 6.07) is 7.94. The van der Waals surface area contributed by atoms with Crippen molar-refractivity contribution in [1.82, 2.24) is 9.97 Å². The molecule has 0 aliphatic carbocycles. The van der Waals surface area contributed by atoms with Crippen LogP contribution in [0.5, 0.6) is 11.5 Å².